The first kappa shape index (κ1) is 16.9. The van der Waals surface area contributed by atoms with Gasteiger partial charge >= 0.3 is 0 Å². The molecule has 0 amide bonds. The van der Waals surface area contributed by atoms with Gasteiger partial charge in [-0.05, 0) is 25.1 Å². The van der Waals surface area contributed by atoms with Gasteiger partial charge in [0.15, 0.2) is 0 Å². The molecule has 118 valence electrons. The Morgan fingerprint density at radius 2 is 1.55 bits per heavy atom. The molecule has 22 heavy (non-hydrogen) atoms. The summed E-state index contributed by atoms with van der Waals surface area (Å²) < 4.78 is 27.5. The zero-order valence-corrected chi connectivity index (χ0v) is 15.2. The lowest BCUT2D eigenvalue weighted by molar-refractivity contribution is 0.586. The minimum Gasteiger partial charge on any atom is -0.214 e. The summed E-state index contributed by atoms with van der Waals surface area (Å²) in [6.07, 6.45) is 0.540. The SMILES string of the molecule is Cc1ccc(S(=O)(=O)NC[Si](C)(C)Cc2ccccc2)cc1. The fraction of sp³-hybridized carbons (Fsp3) is 0.294. The molecule has 0 aromatic heterocycles. The maximum Gasteiger partial charge on any atom is 0.240 e. The van der Waals surface area contributed by atoms with Crippen LogP contribution in [-0.4, -0.2) is 22.7 Å². The van der Waals surface area contributed by atoms with Gasteiger partial charge in [-0.25, -0.2) is 13.1 Å². The summed E-state index contributed by atoms with van der Waals surface area (Å²) in [5.74, 6) is 0. The van der Waals surface area contributed by atoms with Crippen molar-refractivity contribution in [2.45, 2.75) is 31.0 Å². The highest BCUT2D eigenvalue weighted by molar-refractivity contribution is 7.89. The quantitative estimate of drug-likeness (QED) is 0.825. The molecular weight excluding hydrogens is 310 g/mol. The van der Waals surface area contributed by atoms with E-state index in [9.17, 15) is 8.42 Å². The molecule has 2 aromatic rings. The minimum absolute atomic E-state index is 0.336. The molecule has 0 heterocycles. The molecule has 3 nitrogen and oxygen atoms in total. The smallest absolute Gasteiger partial charge is 0.214 e. The van der Waals surface area contributed by atoms with Crippen LogP contribution in [0, 0.1) is 6.92 Å². The van der Waals surface area contributed by atoms with Crippen LogP contribution in [0.25, 0.3) is 0 Å². The summed E-state index contributed by atoms with van der Waals surface area (Å²) in [4.78, 5) is 0.336. The summed E-state index contributed by atoms with van der Waals surface area (Å²) in [5.41, 5.74) is 2.33. The average Bonchev–Trinajstić information content (AvgIpc) is 2.47. The van der Waals surface area contributed by atoms with E-state index >= 15 is 0 Å². The Morgan fingerprint density at radius 1 is 0.955 bits per heavy atom. The van der Waals surface area contributed by atoms with Gasteiger partial charge in [0.2, 0.25) is 10.0 Å². The Kier molecular flexibility index (Phi) is 5.21. The van der Waals surface area contributed by atoms with Crippen molar-refractivity contribution in [3.8, 4) is 0 Å². The van der Waals surface area contributed by atoms with Gasteiger partial charge in [-0.15, -0.1) is 0 Å². The first-order chi connectivity index (χ1) is 10.3. The Bertz CT molecular complexity index is 710. The molecule has 2 rings (SSSR count). The largest absolute Gasteiger partial charge is 0.240 e. The van der Waals surface area contributed by atoms with Crippen LogP contribution in [-0.2, 0) is 16.1 Å². The molecule has 0 bridgehead atoms. The van der Waals surface area contributed by atoms with E-state index in [2.05, 4.69) is 29.9 Å². The van der Waals surface area contributed by atoms with E-state index < -0.39 is 18.1 Å². The van der Waals surface area contributed by atoms with Crippen molar-refractivity contribution in [2.24, 2.45) is 0 Å². The number of hydrogen-bond donors (Lipinski definition) is 1. The van der Waals surface area contributed by atoms with Gasteiger partial charge in [0.1, 0.15) is 0 Å². The highest BCUT2D eigenvalue weighted by Gasteiger charge is 2.24. The van der Waals surface area contributed by atoms with Crippen molar-refractivity contribution in [3.63, 3.8) is 0 Å². The van der Waals surface area contributed by atoms with Crippen LogP contribution >= 0.6 is 0 Å². The monoisotopic (exact) mass is 333 g/mol. The first-order valence-corrected chi connectivity index (χ1v) is 12.3. The minimum atomic E-state index is -3.42. The molecule has 0 saturated heterocycles. The maximum atomic E-state index is 12.4. The third-order valence-corrected chi connectivity index (χ3v) is 7.77. The van der Waals surface area contributed by atoms with Crippen LogP contribution in [0.1, 0.15) is 11.1 Å². The van der Waals surface area contributed by atoms with Crippen molar-refractivity contribution in [3.05, 3.63) is 65.7 Å². The van der Waals surface area contributed by atoms with Crippen molar-refractivity contribution in [2.75, 3.05) is 6.17 Å². The first-order valence-electron chi connectivity index (χ1n) is 7.39. The highest BCUT2D eigenvalue weighted by Crippen LogP contribution is 2.14. The summed E-state index contributed by atoms with van der Waals surface area (Å²) in [6.45, 7) is 6.36. The number of benzene rings is 2. The van der Waals surface area contributed by atoms with Gasteiger partial charge in [-0.1, -0.05) is 66.7 Å². The molecule has 0 saturated carbocycles. The summed E-state index contributed by atoms with van der Waals surface area (Å²) in [6, 6.07) is 18.2. The lowest BCUT2D eigenvalue weighted by Gasteiger charge is -2.23. The van der Waals surface area contributed by atoms with E-state index in [1.165, 1.54) is 5.56 Å². The topological polar surface area (TPSA) is 46.2 Å². The Labute approximate surface area is 134 Å². The summed E-state index contributed by atoms with van der Waals surface area (Å²) in [7, 11) is -5.11. The van der Waals surface area contributed by atoms with E-state index in [1.807, 2.05) is 37.3 Å². The second kappa shape index (κ2) is 6.77. The number of hydrogen-bond acceptors (Lipinski definition) is 2. The van der Waals surface area contributed by atoms with Gasteiger partial charge in [0, 0.05) is 6.17 Å². The predicted octanol–water partition coefficient (Wildman–Crippen LogP) is 3.30. The van der Waals surface area contributed by atoms with E-state index in [-0.39, 0.29) is 0 Å². The molecule has 0 aliphatic rings. The second-order valence-electron chi connectivity index (χ2n) is 6.46. The van der Waals surface area contributed by atoms with Crippen LogP contribution in [0.15, 0.2) is 59.5 Å². The Hall–Kier alpha value is -1.43. The molecule has 2 aromatic carbocycles. The summed E-state index contributed by atoms with van der Waals surface area (Å²) >= 11 is 0. The van der Waals surface area contributed by atoms with Crippen LogP contribution in [0.4, 0.5) is 0 Å². The van der Waals surface area contributed by atoms with E-state index in [4.69, 9.17) is 0 Å². The lowest BCUT2D eigenvalue weighted by Crippen LogP contribution is -2.44. The zero-order chi connectivity index (χ0) is 16.2. The molecule has 0 spiro atoms. The number of sulfonamides is 1. The zero-order valence-electron chi connectivity index (χ0n) is 13.3. The van der Waals surface area contributed by atoms with E-state index in [0.29, 0.717) is 11.1 Å². The highest BCUT2D eigenvalue weighted by atomic mass is 32.2. The standard InChI is InChI=1S/C17H23NO2SSi/c1-15-9-11-17(12-10-15)21(19,20)18-14-22(2,3)13-16-7-5-4-6-8-16/h4-12,18H,13-14H2,1-3H3. The van der Waals surface area contributed by atoms with Gasteiger partial charge < -0.3 is 0 Å². The fourth-order valence-electron chi connectivity index (χ4n) is 2.30. The van der Waals surface area contributed by atoms with E-state index in [0.717, 1.165) is 11.6 Å². The number of nitrogens with one attached hydrogen (secondary N) is 1. The van der Waals surface area contributed by atoms with E-state index in [1.54, 1.807) is 12.1 Å². The maximum absolute atomic E-state index is 12.4. The van der Waals surface area contributed by atoms with Crippen molar-refractivity contribution < 1.29 is 8.42 Å². The molecule has 5 heteroatoms. The molecular formula is C17H23NO2SSi. The van der Waals surface area contributed by atoms with Crippen LogP contribution in [0.5, 0.6) is 0 Å². The van der Waals surface area contributed by atoms with Gasteiger partial charge in [0.25, 0.3) is 0 Å². The van der Waals surface area contributed by atoms with Crippen molar-refractivity contribution >= 4 is 18.1 Å². The van der Waals surface area contributed by atoms with Crippen LogP contribution < -0.4 is 4.72 Å². The Balaban J connectivity index is 2.03. The normalized spacial score (nSPS) is 12.3. The molecule has 0 aliphatic carbocycles. The lowest BCUT2D eigenvalue weighted by atomic mass is 10.2. The molecule has 0 radical (unpaired) electrons. The third-order valence-electron chi connectivity index (χ3n) is 3.60. The Morgan fingerprint density at radius 3 is 2.14 bits per heavy atom. The molecule has 1 N–H and O–H groups in total. The molecule has 0 unspecified atom stereocenters. The predicted molar refractivity (Wildman–Crippen MR) is 94.0 cm³/mol. The molecule has 0 atom stereocenters. The van der Waals surface area contributed by atoms with Crippen molar-refractivity contribution in [1.29, 1.82) is 0 Å². The molecule has 0 fully saturated rings. The average molecular weight is 334 g/mol. The number of rotatable bonds is 6. The second-order valence-corrected chi connectivity index (χ2v) is 13.3. The van der Waals surface area contributed by atoms with Crippen LogP contribution in [0.3, 0.4) is 0 Å². The van der Waals surface area contributed by atoms with Gasteiger partial charge in [-0.2, -0.15) is 0 Å². The summed E-state index contributed by atoms with van der Waals surface area (Å²) in [5, 5.41) is 0. The number of aryl methyl sites for hydroxylation is 1. The molecule has 0 aliphatic heterocycles. The fourth-order valence-corrected chi connectivity index (χ4v) is 6.75. The van der Waals surface area contributed by atoms with Crippen molar-refractivity contribution in [1.82, 2.24) is 4.72 Å². The van der Waals surface area contributed by atoms with Gasteiger partial charge in [0.05, 0.1) is 13.0 Å². The van der Waals surface area contributed by atoms with Gasteiger partial charge in [-0.3, -0.25) is 0 Å². The van der Waals surface area contributed by atoms with Crippen LogP contribution in [0.2, 0.25) is 13.1 Å². The third kappa shape index (κ3) is 4.80.